The fourth-order valence-electron chi connectivity index (χ4n) is 1.84. The molecular weight excluding hydrogens is 240 g/mol. The van der Waals surface area contributed by atoms with Gasteiger partial charge < -0.3 is 11.1 Å². The minimum Gasteiger partial charge on any atom is -0.361 e. The monoisotopic (exact) mass is 262 g/mol. The maximum atomic E-state index is 11.0. The van der Waals surface area contributed by atoms with E-state index in [4.69, 9.17) is 5.73 Å². The second-order valence-corrected chi connectivity index (χ2v) is 5.76. The summed E-state index contributed by atoms with van der Waals surface area (Å²) < 4.78 is 0. The molecule has 1 aromatic carbocycles. The van der Waals surface area contributed by atoms with E-state index >= 15 is 0 Å². The lowest BCUT2D eigenvalue weighted by molar-refractivity contribution is -0.137. The minimum atomic E-state index is -0.945. The SMILES string of the molecule is Cc1cc(C(C)(C)C)ccc1CCNC(=O)C(N)=O. The predicted molar refractivity (Wildman–Crippen MR) is 75.8 cm³/mol. The molecular formula is C15H22N2O2. The molecule has 0 bridgehead atoms. The summed E-state index contributed by atoms with van der Waals surface area (Å²) >= 11 is 0. The highest BCUT2D eigenvalue weighted by Gasteiger charge is 2.14. The molecule has 0 unspecified atom stereocenters. The molecule has 0 heterocycles. The van der Waals surface area contributed by atoms with Crippen LogP contribution in [0.2, 0.25) is 0 Å². The van der Waals surface area contributed by atoms with Crippen LogP contribution in [0.5, 0.6) is 0 Å². The summed E-state index contributed by atoms with van der Waals surface area (Å²) in [7, 11) is 0. The van der Waals surface area contributed by atoms with Crippen LogP contribution >= 0.6 is 0 Å². The fraction of sp³-hybridized carbons (Fsp3) is 0.467. The van der Waals surface area contributed by atoms with Crippen LogP contribution < -0.4 is 11.1 Å². The molecule has 2 amide bonds. The first kappa shape index (κ1) is 15.2. The molecule has 1 rings (SSSR count). The van der Waals surface area contributed by atoms with Gasteiger partial charge in [-0.25, -0.2) is 0 Å². The number of benzene rings is 1. The van der Waals surface area contributed by atoms with Crippen LogP contribution in [0, 0.1) is 6.92 Å². The summed E-state index contributed by atoms with van der Waals surface area (Å²) in [6.07, 6.45) is 0.690. The maximum absolute atomic E-state index is 11.0. The largest absolute Gasteiger partial charge is 0.361 e. The van der Waals surface area contributed by atoms with Crippen molar-refractivity contribution in [2.24, 2.45) is 5.73 Å². The first-order chi connectivity index (χ1) is 8.71. The number of carbonyl (C=O) groups is 2. The van der Waals surface area contributed by atoms with Crippen LogP contribution in [0.15, 0.2) is 18.2 Å². The smallest absolute Gasteiger partial charge is 0.309 e. The summed E-state index contributed by atoms with van der Waals surface area (Å²) in [5, 5.41) is 2.49. The summed E-state index contributed by atoms with van der Waals surface area (Å²) in [6, 6.07) is 6.36. The Bertz CT molecular complexity index is 487. The van der Waals surface area contributed by atoms with Crippen LogP contribution in [0.1, 0.15) is 37.5 Å². The normalized spacial score (nSPS) is 11.2. The van der Waals surface area contributed by atoms with E-state index in [0.29, 0.717) is 13.0 Å². The van der Waals surface area contributed by atoms with Gasteiger partial charge in [0.15, 0.2) is 0 Å². The van der Waals surface area contributed by atoms with E-state index in [9.17, 15) is 9.59 Å². The molecule has 3 N–H and O–H groups in total. The van der Waals surface area contributed by atoms with Gasteiger partial charge in [0.05, 0.1) is 0 Å². The molecule has 0 aromatic heterocycles. The number of rotatable bonds is 3. The van der Waals surface area contributed by atoms with Crippen LogP contribution in [0.3, 0.4) is 0 Å². The second-order valence-electron chi connectivity index (χ2n) is 5.76. The zero-order valence-corrected chi connectivity index (χ0v) is 12.0. The highest BCUT2D eigenvalue weighted by atomic mass is 16.2. The number of nitrogens with one attached hydrogen (secondary N) is 1. The molecule has 19 heavy (non-hydrogen) atoms. The fourth-order valence-corrected chi connectivity index (χ4v) is 1.84. The van der Waals surface area contributed by atoms with Gasteiger partial charge in [0.1, 0.15) is 0 Å². The first-order valence-electron chi connectivity index (χ1n) is 6.39. The number of carbonyl (C=O) groups excluding carboxylic acids is 2. The van der Waals surface area contributed by atoms with Crippen molar-refractivity contribution in [1.82, 2.24) is 5.32 Å². The summed E-state index contributed by atoms with van der Waals surface area (Å²) in [5.74, 6) is -1.68. The van der Waals surface area contributed by atoms with Crippen molar-refractivity contribution in [3.05, 3.63) is 34.9 Å². The van der Waals surface area contributed by atoms with Crippen molar-refractivity contribution < 1.29 is 9.59 Å². The Morgan fingerprint density at radius 1 is 1.26 bits per heavy atom. The van der Waals surface area contributed by atoms with Gasteiger partial charge in [-0.1, -0.05) is 39.0 Å². The average Bonchev–Trinajstić information content (AvgIpc) is 2.29. The number of aryl methyl sites for hydroxylation is 1. The minimum absolute atomic E-state index is 0.128. The summed E-state index contributed by atoms with van der Waals surface area (Å²) in [5.41, 5.74) is 8.64. The van der Waals surface area contributed by atoms with E-state index in [2.05, 4.69) is 51.2 Å². The number of nitrogens with two attached hydrogens (primary N) is 1. The van der Waals surface area contributed by atoms with Gasteiger partial charge in [-0.15, -0.1) is 0 Å². The molecule has 0 spiro atoms. The molecule has 0 fully saturated rings. The van der Waals surface area contributed by atoms with Crippen molar-refractivity contribution in [2.45, 2.75) is 39.5 Å². The van der Waals surface area contributed by atoms with Crippen LogP contribution in [0.4, 0.5) is 0 Å². The van der Waals surface area contributed by atoms with Gasteiger partial charge in [0, 0.05) is 6.54 Å². The topological polar surface area (TPSA) is 72.2 Å². The van der Waals surface area contributed by atoms with Crippen LogP contribution in [-0.4, -0.2) is 18.4 Å². The molecule has 4 heteroatoms. The number of hydrogen-bond acceptors (Lipinski definition) is 2. The van der Waals surface area contributed by atoms with E-state index < -0.39 is 11.8 Å². The third-order valence-corrected chi connectivity index (χ3v) is 3.11. The highest BCUT2D eigenvalue weighted by molar-refractivity contribution is 6.34. The molecule has 0 aliphatic rings. The Labute approximate surface area is 114 Å². The molecule has 0 saturated heterocycles. The first-order valence-corrected chi connectivity index (χ1v) is 6.39. The molecule has 1 aromatic rings. The van der Waals surface area contributed by atoms with Gasteiger partial charge >= 0.3 is 11.8 Å². The predicted octanol–water partition coefficient (Wildman–Crippen LogP) is 1.44. The van der Waals surface area contributed by atoms with E-state index in [1.807, 2.05) is 0 Å². The second kappa shape index (κ2) is 5.87. The molecule has 0 saturated carbocycles. The molecule has 104 valence electrons. The van der Waals surface area contributed by atoms with E-state index in [1.165, 1.54) is 11.1 Å². The molecule has 0 aliphatic carbocycles. The van der Waals surface area contributed by atoms with Gasteiger partial charge in [0.25, 0.3) is 0 Å². The maximum Gasteiger partial charge on any atom is 0.309 e. The number of hydrogen-bond donors (Lipinski definition) is 2. The quantitative estimate of drug-likeness (QED) is 0.809. The van der Waals surface area contributed by atoms with Crippen molar-refractivity contribution in [2.75, 3.05) is 6.54 Å². The van der Waals surface area contributed by atoms with Gasteiger partial charge in [-0.2, -0.15) is 0 Å². The van der Waals surface area contributed by atoms with Gasteiger partial charge in [-0.3, -0.25) is 9.59 Å². The van der Waals surface area contributed by atoms with E-state index in [-0.39, 0.29) is 5.41 Å². The Morgan fingerprint density at radius 2 is 1.89 bits per heavy atom. The zero-order chi connectivity index (χ0) is 14.6. The van der Waals surface area contributed by atoms with Crippen LogP contribution in [-0.2, 0) is 21.4 Å². The van der Waals surface area contributed by atoms with E-state index in [1.54, 1.807) is 0 Å². The van der Waals surface area contributed by atoms with Crippen molar-refractivity contribution >= 4 is 11.8 Å². The average molecular weight is 262 g/mol. The van der Waals surface area contributed by atoms with Crippen molar-refractivity contribution in [3.8, 4) is 0 Å². The highest BCUT2D eigenvalue weighted by Crippen LogP contribution is 2.24. The van der Waals surface area contributed by atoms with Crippen molar-refractivity contribution in [3.63, 3.8) is 0 Å². The molecule has 4 nitrogen and oxygen atoms in total. The van der Waals surface area contributed by atoms with E-state index in [0.717, 1.165) is 5.56 Å². The number of amides is 2. The Kier molecular flexibility index (Phi) is 4.70. The summed E-state index contributed by atoms with van der Waals surface area (Å²) in [6.45, 7) is 9.00. The lowest BCUT2D eigenvalue weighted by Gasteiger charge is -2.20. The number of primary amides is 1. The molecule has 0 radical (unpaired) electrons. The summed E-state index contributed by atoms with van der Waals surface area (Å²) in [4.78, 5) is 21.6. The third-order valence-electron chi connectivity index (χ3n) is 3.11. The third kappa shape index (κ3) is 4.39. The Balaban J connectivity index is 2.66. The Morgan fingerprint density at radius 3 is 2.37 bits per heavy atom. The van der Waals surface area contributed by atoms with Gasteiger partial charge in [-0.05, 0) is 35.4 Å². The standard InChI is InChI=1S/C15H22N2O2/c1-10-9-12(15(2,3)4)6-5-11(10)7-8-17-14(19)13(16)18/h5-6,9H,7-8H2,1-4H3,(H2,16,18)(H,17,19). The molecule has 0 aliphatic heterocycles. The van der Waals surface area contributed by atoms with Gasteiger partial charge in [0.2, 0.25) is 0 Å². The van der Waals surface area contributed by atoms with Crippen molar-refractivity contribution in [1.29, 1.82) is 0 Å². The Hall–Kier alpha value is -1.84. The molecule has 0 atom stereocenters. The lowest BCUT2D eigenvalue weighted by Crippen LogP contribution is -2.37. The zero-order valence-electron chi connectivity index (χ0n) is 12.0. The van der Waals surface area contributed by atoms with Crippen LogP contribution in [0.25, 0.3) is 0 Å². The lowest BCUT2D eigenvalue weighted by atomic mass is 9.85.